The van der Waals surface area contributed by atoms with Gasteiger partial charge in [0.25, 0.3) is 0 Å². The summed E-state index contributed by atoms with van der Waals surface area (Å²) in [5.41, 5.74) is 8.07. The second kappa shape index (κ2) is 13.4. The first-order valence-electron chi connectivity index (χ1n) is 20.7. The molecule has 4 N–H and O–H groups in total. The number of aryl methyl sites for hydroxylation is 4. The van der Waals surface area contributed by atoms with Gasteiger partial charge in [0.15, 0.2) is 0 Å². The maximum atomic E-state index is 13.3. The molecule has 294 valence electrons. The van der Waals surface area contributed by atoms with Gasteiger partial charge in [-0.2, -0.15) is 10.2 Å². The number of nitrogens with one attached hydrogen (secondary N) is 4. The van der Waals surface area contributed by atoms with Crippen LogP contribution in [0.1, 0.15) is 92.6 Å². The maximum Gasteiger partial charge on any atom is 0.235 e. The van der Waals surface area contributed by atoms with Crippen molar-refractivity contribution >= 4 is 56.8 Å². The average Bonchev–Trinajstić information content (AvgIpc) is 3.66. The second-order valence-corrected chi connectivity index (χ2v) is 17.7. The Morgan fingerprint density at radius 3 is 1.80 bits per heavy atom. The van der Waals surface area contributed by atoms with E-state index in [1.807, 2.05) is 9.36 Å². The first-order valence-corrected chi connectivity index (χ1v) is 20.7. The predicted molar refractivity (Wildman–Crippen MR) is 213 cm³/mol. The van der Waals surface area contributed by atoms with Gasteiger partial charge < -0.3 is 20.4 Å². The maximum absolute atomic E-state index is 13.3. The molecule has 11 rings (SSSR count). The third-order valence-electron chi connectivity index (χ3n) is 13.8. The molecule has 9 heterocycles. The minimum atomic E-state index is -0.525. The summed E-state index contributed by atoms with van der Waals surface area (Å²) in [4.78, 5) is 56.1. The fourth-order valence-corrected chi connectivity index (χ4v) is 10.8. The molecule has 6 atom stereocenters. The van der Waals surface area contributed by atoms with Crippen molar-refractivity contribution in [3.63, 3.8) is 0 Å². The van der Waals surface area contributed by atoms with E-state index >= 15 is 0 Å². The number of aromatic nitrogens is 4. The number of anilines is 2. The summed E-state index contributed by atoms with van der Waals surface area (Å²) >= 11 is 0. The van der Waals surface area contributed by atoms with Crippen molar-refractivity contribution < 1.29 is 19.2 Å². The quantitative estimate of drug-likeness (QED) is 0.206. The third-order valence-corrected chi connectivity index (χ3v) is 13.8. The van der Waals surface area contributed by atoms with Crippen LogP contribution >= 0.6 is 0 Å². The monoisotopic (exact) mass is 760 g/mol. The summed E-state index contributed by atoms with van der Waals surface area (Å²) in [6.07, 6.45) is 6.10. The molecule has 14 heteroatoms. The Balaban J connectivity index is 1.06. The Morgan fingerprint density at radius 2 is 1.27 bits per heavy atom. The lowest BCUT2D eigenvalue weighted by atomic mass is 9.88. The Labute approximate surface area is 326 Å². The van der Waals surface area contributed by atoms with E-state index in [0.29, 0.717) is 55.3 Å². The summed E-state index contributed by atoms with van der Waals surface area (Å²) in [7, 11) is 0. The van der Waals surface area contributed by atoms with E-state index in [9.17, 15) is 19.2 Å². The summed E-state index contributed by atoms with van der Waals surface area (Å²) in [6, 6.07) is 9.79. The Morgan fingerprint density at radius 1 is 0.714 bits per heavy atom. The second-order valence-electron chi connectivity index (χ2n) is 17.7. The van der Waals surface area contributed by atoms with E-state index in [-0.39, 0.29) is 42.0 Å². The van der Waals surface area contributed by atoms with Crippen molar-refractivity contribution in [1.29, 1.82) is 0 Å². The molecule has 7 aliphatic rings. The smallest absolute Gasteiger partial charge is 0.235 e. The molecule has 7 saturated heterocycles. The summed E-state index contributed by atoms with van der Waals surface area (Å²) in [5, 5.41) is 24.8. The Bertz CT molecular complexity index is 2290. The molecule has 6 unspecified atom stereocenters. The zero-order valence-corrected chi connectivity index (χ0v) is 32.6. The average molecular weight is 761 g/mol. The number of nitrogens with zero attached hydrogens (tertiary/aromatic N) is 6. The highest BCUT2D eigenvalue weighted by atomic mass is 16.2. The van der Waals surface area contributed by atoms with Crippen LogP contribution in [0.25, 0.3) is 21.8 Å². The Kier molecular flexibility index (Phi) is 8.51. The molecular weight excluding hydrogens is 709 g/mol. The number of hydrogen-bond acceptors (Lipinski definition) is 10. The number of carbonyl (C=O) groups excluding carboxylic acids is 4. The lowest BCUT2D eigenvalue weighted by Crippen LogP contribution is -2.52. The first kappa shape index (κ1) is 35.6. The van der Waals surface area contributed by atoms with Crippen molar-refractivity contribution in [2.24, 2.45) is 5.92 Å². The molecule has 0 saturated carbocycles. The molecule has 56 heavy (non-hydrogen) atoms. The van der Waals surface area contributed by atoms with Crippen LogP contribution in [0.4, 0.5) is 11.4 Å². The van der Waals surface area contributed by atoms with Crippen molar-refractivity contribution in [1.82, 2.24) is 40.8 Å². The van der Waals surface area contributed by atoms with Gasteiger partial charge in [-0.3, -0.25) is 39.2 Å². The summed E-state index contributed by atoms with van der Waals surface area (Å²) < 4.78 is 4.04. The van der Waals surface area contributed by atoms with Gasteiger partial charge >= 0.3 is 0 Å². The van der Waals surface area contributed by atoms with Crippen LogP contribution in [-0.2, 0) is 32.3 Å². The van der Waals surface area contributed by atoms with E-state index < -0.39 is 11.8 Å². The van der Waals surface area contributed by atoms with Gasteiger partial charge in [-0.15, -0.1) is 0 Å². The topological polar surface area (TPSA) is 159 Å². The highest BCUT2D eigenvalue weighted by molar-refractivity contribution is 6.04. The number of rotatable bonds is 7. The highest BCUT2D eigenvalue weighted by Crippen LogP contribution is 2.41. The van der Waals surface area contributed by atoms with Gasteiger partial charge in [-0.25, -0.2) is 0 Å². The van der Waals surface area contributed by atoms with E-state index in [1.54, 1.807) is 0 Å². The van der Waals surface area contributed by atoms with Crippen LogP contribution in [0.15, 0.2) is 24.3 Å². The molecule has 0 aliphatic carbocycles. The van der Waals surface area contributed by atoms with Crippen LogP contribution < -0.4 is 31.1 Å². The number of piperidine rings is 3. The standard InChI is InChI=1S/C42H52N10O4/c1-23-14-30-34(16-32(23)49-21-25-10-11-42(3,22-49)44-18-25)50(47-38(30)28-6-8-36(53)45-40(28)55)12-13-51-35-17-33(52-26-4-5-27(52)20-43-19-26)24(2)15-31(35)39(48-51)29-7-9-37(54)46-41(29)56/h14-17,25-29,43-44H,4-13,18-22H2,1-3H3,(H,45,53,55)(H,46,54,56). The van der Waals surface area contributed by atoms with Crippen LogP contribution in [0.2, 0.25) is 0 Å². The zero-order valence-electron chi connectivity index (χ0n) is 32.6. The molecule has 4 amide bonds. The minimum Gasteiger partial charge on any atom is -0.369 e. The molecule has 7 fully saturated rings. The van der Waals surface area contributed by atoms with Gasteiger partial charge in [0.1, 0.15) is 0 Å². The molecule has 14 nitrogen and oxygen atoms in total. The van der Waals surface area contributed by atoms with E-state index in [0.717, 1.165) is 84.9 Å². The fraction of sp³-hybridized carbons (Fsp3) is 0.571. The van der Waals surface area contributed by atoms with Crippen molar-refractivity contribution in [2.45, 2.75) is 115 Å². The number of fused-ring (bicyclic) bond motifs is 8. The van der Waals surface area contributed by atoms with Gasteiger partial charge in [0, 0.05) is 85.3 Å². The molecule has 2 aromatic heterocycles. The normalized spacial score (nSPS) is 29.4. The molecule has 0 radical (unpaired) electrons. The van der Waals surface area contributed by atoms with Gasteiger partial charge in [-0.05, 0) is 101 Å². The minimum absolute atomic E-state index is 0.0509. The summed E-state index contributed by atoms with van der Waals surface area (Å²) in [5.74, 6) is -1.54. The third kappa shape index (κ3) is 5.98. The lowest BCUT2D eigenvalue weighted by molar-refractivity contribution is -0.135. The molecule has 0 spiro atoms. The van der Waals surface area contributed by atoms with Gasteiger partial charge in [0.2, 0.25) is 23.6 Å². The van der Waals surface area contributed by atoms with Gasteiger partial charge in [0.05, 0.1) is 47.3 Å². The number of piperazine rings is 1. The Hall–Kier alpha value is -4.82. The van der Waals surface area contributed by atoms with Crippen LogP contribution in [-0.4, -0.2) is 93.5 Å². The van der Waals surface area contributed by atoms with Crippen molar-refractivity contribution in [3.05, 3.63) is 46.8 Å². The molecule has 7 aliphatic heterocycles. The van der Waals surface area contributed by atoms with Crippen LogP contribution in [0, 0.1) is 19.8 Å². The molecule has 2 aromatic carbocycles. The number of imide groups is 2. The first-order chi connectivity index (χ1) is 27.0. The van der Waals surface area contributed by atoms with E-state index in [1.165, 1.54) is 17.8 Å². The fourth-order valence-electron chi connectivity index (χ4n) is 10.8. The zero-order chi connectivity index (χ0) is 38.5. The predicted octanol–water partition coefficient (Wildman–Crippen LogP) is 3.26. The van der Waals surface area contributed by atoms with Crippen molar-refractivity contribution in [3.8, 4) is 0 Å². The number of carbonyl (C=O) groups is 4. The highest BCUT2D eigenvalue weighted by Gasteiger charge is 2.40. The number of benzene rings is 2. The molecule has 4 aromatic rings. The molecule has 4 bridgehead atoms. The van der Waals surface area contributed by atoms with Gasteiger partial charge in [-0.1, -0.05) is 0 Å². The van der Waals surface area contributed by atoms with E-state index in [2.05, 4.69) is 76.1 Å². The van der Waals surface area contributed by atoms with Crippen LogP contribution in [0.5, 0.6) is 0 Å². The van der Waals surface area contributed by atoms with Crippen LogP contribution in [0.3, 0.4) is 0 Å². The number of hydrogen-bond donors (Lipinski definition) is 4. The number of amides is 4. The lowest BCUT2D eigenvalue weighted by Gasteiger charge is -2.38. The van der Waals surface area contributed by atoms with E-state index in [4.69, 9.17) is 10.2 Å². The largest absolute Gasteiger partial charge is 0.369 e. The SMILES string of the molecule is Cc1cc2c(C3CCC(=O)NC3=O)nn(CCn3nc(C4CCC(=O)NC4=O)c4cc(C)c(N5C6CCC5CNC6)cc43)c2cc1N1CC2CCC(C)(C1)NC2. The summed E-state index contributed by atoms with van der Waals surface area (Å²) in [6.45, 7) is 12.5. The molecular formula is C42H52N10O4. The van der Waals surface area contributed by atoms with Crippen molar-refractivity contribution in [2.75, 3.05) is 42.5 Å².